The van der Waals surface area contributed by atoms with Gasteiger partial charge in [-0.05, 0) is 40.3 Å². The molecule has 0 spiro atoms. The Morgan fingerprint density at radius 1 is 0.733 bits per heavy atom. The van der Waals surface area contributed by atoms with Crippen LogP contribution in [0.3, 0.4) is 0 Å². The van der Waals surface area contributed by atoms with Gasteiger partial charge in [-0.1, -0.05) is 79.4 Å². The molecule has 3 nitrogen and oxygen atoms in total. The second kappa shape index (κ2) is 14.1. The zero-order chi connectivity index (χ0) is 30.7. The molecule has 5 heteroatoms. The third-order valence-corrected chi connectivity index (χ3v) is 12.1. The second-order valence-electron chi connectivity index (χ2n) is 12.3. The zero-order valence-corrected chi connectivity index (χ0v) is 30.8. The average Bonchev–Trinajstić information content (AvgIpc) is 3.44. The van der Waals surface area contributed by atoms with E-state index in [2.05, 4.69) is 120 Å². The van der Waals surface area contributed by atoms with Crippen LogP contribution in [0.15, 0.2) is 126 Å². The van der Waals surface area contributed by atoms with Crippen LogP contribution in [0, 0.1) is 12.1 Å². The standard InChI is InChI=1S/C26H20NO.C14H16GeN.Ir/c1-17(2)19-13-14-27-23(15-19)20-11-12-22-25(16-20)28-24-10-6-9-21(26(22)24)18-7-4-3-5-8-18;1-15(2,3)13-9-10-14(16-11-13)12-7-5-4-6-8-12;/h3-15,17H,1-2H3;4-7,9-11H,1-3H3;/q2*-1;. The van der Waals surface area contributed by atoms with E-state index in [-0.39, 0.29) is 20.1 Å². The summed E-state index contributed by atoms with van der Waals surface area (Å²) in [5.74, 6) is 7.60. The van der Waals surface area contributed by atoms with Crippen LogP contribution in [0.5, 0.6) is 0 Å². The number of nitrogens with zero attached hydrogens (tertiary/aromatic N) is 2. The van der Waals surface area contributed by atoms with Gasteiger partial charge in [-0.3, -0.25) is 0 Å². The second-order valence-corrected chi connectivity index (χ2v) is 23.0. The predicted molar refractivity (Wildman–Crippen MR) is 187 cm³/mol. The molecule has 3 aromatic heterocycles. The maximum atomic E-state index is 6.17. The number of aromatic nitrogens is 2. The van der Waals surface area contributed by atoms with E-state index in [4.69, 9.17) is 4.42 Å². The van der Waals surface area contributed by atoms with E-state index >= 15 is 0 Å². The number of hydrogen-bond donors (Lipinski definition) is 0. The summed E-state index contributed by atoms with van der Waals surface area (Å²) < 4.78 is 7.62. The number of furan rings is 1. The van der Waals surface area contributed by atoms with Crippen LogP contribution in [0.2, 0.25) is 17.3 Å². The summed E-state index contributed by atoms with van der Waals surface area (Å²) in [7, 11) is 0. The summed E-state index contributed by atoms with van der Waals surface area (Å²) >= 11 is -1.72. The number of pyridine rings is 2. The summed E-state index contributed by atoms with van der Waals surface area (Å²) in [6, 6.07) is 44.0. The van der Waals surface area contributed by atoms with Gasteiger partial charge in [0.05, 0.1) is 5.58 Å². The summed E-state index contributed by atoms with van der Waals surface area (Å²) in [6.45, 7) is 4.38. The molecule has 0 aliphatic rings. The van der Waals surface area contributed by atoms with Crippen molar-refractivity contribution in [3.63, 3.8) is 0 Å². The van der Waals surface area contributed by atoms with Gasteiger partial charge in [0.15, 0.2) is 0 Å². The normalized spacial score (nSPS) is 11.2. The molecule has 45 heavy (non-hydrogen) atoms. The van der Waals surface area contributed by atoms with E-state index in [9.17, 15) is 0 Å². The fraction of sp³-hybridized carbons (Fsp3) is 0.150. The van der Waals surface area contributed by atoms with Gasteiger partial charge in [-0.2, -0.15) is 0 Å². The molecule has 0 saturated carbocycles. The van der Waals surface area contributed by atoms with Crippen LogP contribution < -0.4 is 4.40 Å². The Bertz CT molecular complexity index is 2010. The molecule has 0 N–H and O–H groups in total. The van der Waals surface area contributed by atoms with Crippen LogP contribution in [-0.4, -0.2) is 23.2 Å². The van der Waals surface area contributed by atoms with E-state index in [1.54, 1.807) is 0 Å². The first-order chi connectivity index (χ1) is 21.3. The predicted octanol–water partition coefficient (Wildman–Crippen LogP) is 10.3. The van der Waals surface area contributed by atoms with Crippen LogP contribution >= 0.6 is 0 Å². The van der Waals surface area contributed by atoms with Gasteiger partial charge in [0.1, 0.15) is 5.58 Å². The number of hydrogen-bond acceptors (Lipinski definition) is 3. The summed E-state index contributed by atoms with van der Waals surface area (Å²) in [5, 5.41) is 2.22. The van der Waals surface area contributed by atoms with Crippen molar-refractivity contribution in [3.8, 4) is 33.6 Å². The molecule has 7 rings (SSSR count). The molecule has 0 aliphatic heterocycles. The minimum Gasteiger partial charge on any atom is 0 e. The Kier molecular flexibility index (Phi) is 10.2. The fourth-order valence-corrected chi connectivity index (χ4v) is 7.44. The van der Waals surface area contributed by atoms with Crippen molar-refractivity contribution in [2.24, 2.45) is 0 Å². The molecule has 0 saturated heterocycles. The molecule has 7 aromatic rings. The molecule has 0 unspecified atom stereocenters. The summed E-state index contributed by atoms with van der Waals surface area (Å²) in [5.41, 5.74) is 9.25. The van der Waals surface area contributed by atoms with Crippen LogP contribution in [0.25, 0.3) is 55.6 Å². The SMILES string of the molecule is CC(C)c1ccnc(-c2[c-]c3oc4cccc(-c5ccccc5)c4c3cc2)c1.[CH3][Ge]([CH3])([CH3])[c]1ccc(-c2[c-]cccc2)nc1.[Ir]. The van der Waals surface area contributed by atoms with Gasteiger partial charge >= 0.3 is 99.8 Å². The minimum absolute atomic E-state index is 0. The minimum atomic E-state index is -1.72. The maximum Gasteiger partial charge on any atom is 0 e. The molecule has 0 amide bonds. The molecule has 0 bridgehead atoms. The van der Waals surface area contributed by atoms with E-state index in [1.165, 1.54) is 21.1 Å². The molecule has 4 aromatic carbocycles. The monoisotopic (exact) mass is 827 g/mol. The molecule has 0 fully saturated rings. The number of rotatable bonds is 5. The molecule has 0 aliphatic carbocycles. The van der Waals surface area contributed by atoms with Crippen molar-refractivity contribution in [2.45, 2.75) is 37.0 Å². The van der Waals surface area contributed by atoms with Gasteiger partial charge < -0.3 is 9.40 Å². The van der Waals surface area contributed by atoms with Gasteiger partial charge in [0.2, 0.25) is 0 Å². The van der Waals surface area contributed by atoms with Crippen molar-refractivity contribution in [3.05, 3.63) is 139 Å². The topological polar surface area (TPSA) is 38.9 Å². The van der Waals surface area contributed by atoms with E-state index < -0.39 is 13.3 Å². The summed E-state index contributed by atoms with van der Waals surface area (Å²) in [6.07, 6.45) is 3.91. The smallest absolute Gasteiger partial charge is 0 e. The fourth-order valence-electron chi connectivity index (χ4n) is 5.27. The van der Waals surface area contributed by atoms with Gasteiger partial charge in [-0.15, -0.1) is 17.7 Å². The molecular formula is C40H36GeIrN2O-2. The Balaban J connectivity index is 0.000000202. The molecular weight excluding hydrogens is 789 g/mol. The van der Waals surface area contributed by atoms with Gasteiger partial charge in [-0.25, -0.2) is 0 Å². The van der Waals surface area contributed by atoms with E-state index in [0.717, 1.165) is 44.5 Å². The average molecular weight is 826 g/mol. The van der Waals surface area contributed by atoms with Gasteiger partial charge in [0, 0.05) is 26.3 Å². The zero-order valence-electron chi connectivity index (χ0n) is 26.3. The van der Waals surface area contributed by atoms with Crippen LogP contribution in [-0.2, 0) is 20.1 Å². The number of fused-ring (bicyclic) bond motifs is 3. The Labute approximate surface area is 282 Å². The Hall–Kier alpha value is -3.83. The van der Waals surface area contributed by atoms with Crippen LogP contribution in [0.4, 0.5) is 0 Å². The quantitative estimate of drug-likeness (QED) is 0.128. The molecule has 227 valence electrons. The largest absolute Gasteiger partial charge is 0 e. The van der Waals surface area contributed by atoms with Crippen LogP contribution in [0.1, 0.15) is 25.3 Å². The third kappa shape index (κ3) is 7.36. The van der Waals surface area contributed by atoms with E-state index in [0.29, 0.717) is 5.92 Å². The van der Waals surface area contributed by atoms with Crippen molar-refractivity contribution in [1.82, 2.24) is 9.97 Å². The first-order valence-electron chi connectivity index (χ1n) is 15.1. The van der Waals surface area contributed by atoms with Gasteiger partial charge in [0.25, 0.3) is 0 Å². The number of benzene rings is 4. The maximum absolute atomic E-state index is 6.17. The van der Waals surface area contributed by atoms with Crippen molar-refractivity contribution >= 4 is 39.6 Å². The molecule has 0 atom stereocenters. The summed E-state index contributed by atoms with van der Waals surface area (Å²) in [4.78, 5) is 9.08. The first kappa shape index (κ1) is 32.6. The van der Waals surface area contributed by atoms with Crippen molar-refractivity contribution in [2.75, 3.05) is 0 Å². The Morgan fingerprint density at radius 2 is 1.53 bits per heavy atom. The first-order valence-corrected chi connectivity index (χ1v) is 22.4. The van der Waals surface area contributed by atoms with E-state index in [1.807, 2.05) is 54.9 Å². The third-order valence-electron chi connectivity index (χ3n) is 7.84. The van der Waals surface area contributed by atoms with Crippen molar-refractivity contribution in [1.29, 1.82) is 0 Å². The molecule has 3 heterocycles. The molecule has 1 radical (unpaired) electrons. The Morgan fingerprint density at radius 3 is 2.22 bits per heavy atom. The van der Waals surface area contributed by atoms with Crippen molar-refractivity contribution < 1.29 is 24.5 Å².